The number of hydrogen-bond donors (Lipinski definition) is 3. The number of aromatic nitrogens is 2. The number of hydrogen-bond acceptors (Lipinski definition) is 6. The number of carbonyl (C=O) groups excluding carboxylic acids is 1. The van der Waals surface area contributed by atoms with Crippen molar-refractivity contribution in [3.05, 3.63) is 35.5 Å². The van der Waals surface area contributed by atoms with Crippen LogP contribution in [-0.2, 0) is 17.7 Å². The third-order valence-corrected chi connectivity index (χ3v) is 6.27. The van der Waals surface area contributed by atoms with Crippen molar-refractivity contribution in [2.75, 3.05) is 36.5 Å². The highest BCUT2D eigenvalue weighted by molar-refractivity contribution is 5.89. The van der Waals surface area contributed by atoms with E-state index < -0.39 is 6.09 Å². The molecule has 5 rings (SSSR count). The van der Waals surface area contributed by atoms with Gasteiger partial charge in [-0.2, -0.15) is 0 Å². The van der Waals surface area contributed by atoms with Crippen LogP contribution in [0.4, 0.5) is 21.1 Å². The lowest BCUT2D eigenvalue weighted by Crippen LogP contribution is -2.45. The third-order valence-electron chi connectivity index (χ3n) is 6.27. The maximum absolute atomic E-state index is 12.0. The molecular formula is C23H28N6O4. The molecule has 174 valence electrons. The molecule has 10 heteroatoms. The summed E-state index contributed by atoms with van der Waals surface area (Å²) in [6.45, 7) is 4.76. The first-order valence-electron chi connectivity index (χ1n) is 11.4. The minimum atomic E-state index is -0.943. The lowest BCUT2D eigenvalue weighted by atomic mass is 10.0. The van der Waals surface area contributed by atoms with Gasteiger partial charge in [0.15, 0.2) is 5.82 Å². The number of ether oxygens (including phenoxy) is 1. The van der Waals surface area contributed by atoms with Crippen molar-refractivity contribution in [3.63, 3.8) is 0 Å². The topological polar surface area (TPSA) is 120 Å². The highest BCUT2D eigenvalue weighted by Crippen LogP contribution is 2.31. The Bertz CT molecular complexity index is 1060. The molecule has 1 aromatic carbocycles. The average molecular weight is 453 g/mol. The first-order valence-corrected chi connectivity index (χ1v) is 11.4. The quantitative estimate of drug-likeness (QED) is 0.652. The Morgan fingerprint density at radius 1 is 1.15 bits per heavy atom. The van der Waals surface area contributed by atoms with Gasteiger partial charge in [0.1, 0.15) is 5.82 Å². The first-order chi connectivity index (χ1) is 16.0. The number of morpholine rings is 1. The highest BCUT2D eigenvalue weighted by Gasteiger charge is 2.30. The number of benzene rings is 1. The van der Waals surface area contributed by atoms with Crippen LogP contribution in [0.15, 0.2) is 24.3 Å². The summed E-state index contributed by atoms with van der Waals surface area (Å²) in [5.74, 6) is 1.41. The SMILES string of the molecule is CC1COCCN1c1nc(-c2ccc(NC(=O)NC3CC3)cc2)nc2c1CCN(C(=O)O)C2. The largest absolute Gasteiger partial charge is 0.465 e. The maximum atomic E-state index is 12.0. The van der Waals surface area contributed by atoms with Crippen LogP contribution in [0.25, 0.3) is 11.4 Å². The van der Waals surface area contributed by atoms with Gasteiger partial charge in [-0.15, -0.1) is 0 Å². The molecule has 0 radical (unpaired) electrons. The van der Waals surface area contributed by atoms with Crippen LogP contribution in [0.1, 0.15) is 31.0 Å². The van der Waals surface area contributed by atoms with Crippen LogP contribution < -0.4 is 15.5 Å². The van der Waals surface area contributed by atoms with Crippen LogP contribution in [0, 0.1) is 0 Å². The summed E-state index contributed by atoms with van der Waals surface area (Å²) >= 11 is 0. The molecule has 1 aliphatic carbocycles. The molecule has 0 bridgehead atoms. The van der Waals surface area contributed by atoms with E-state index in [1.54, 1.807) is 0 Å². The van der Waals surface area contributed by atoms with E-state index in [2.05, 4.69) is 22.5 Å². The Morgan fingerprint density at radius 3 is 2.64 bits per heavy atom. The number of nitrogens with zero attached hydrogens (tertiary/aromatic N) is 4. The summed E-state index contributed by atoms with van der Waals surface area (Å²) in [5, 5.41) is 15.2. The molecule has 1 aromatic heterocycles. The first kappa shape index (κ1) is 21.4. The Morgan fingerprint density at radius 2 is 1.94 bits per heavy atom. The fraction of sp³-hybridized carbons (Fsp3) is 0.478. The van der Waals surface area contributed by atoms with Crippen molar-refractivity contribution in [1.82, 2.24) is 20.2 Å². The van der Waals surface area contributed by atoms with Crippen molar-refractivity contribution in [2.24, 2.45) is 0 Å². The zero-order valence-corrected chi connectivity index (χ0v) is 18.6. The van der Waals surface area contributed by atoms with Crippen LogP contribution in [0.2, 0.25) is 0 Å². The van der Waals surface area contributed by atoms with Gasteiger partial charge < -0.3 is 30.3 Å². The summed E-state index contributed by atoms with van der Waals surface area (Å²) < 4.78 is 5.60. The zero-order chi connectivity index (χ0) is 22.9. The molecule has 2 fully saturated rings. The third kappa shape index (κ3) is 4.70. The molecule has 3 N–H and O–H groups in total. The second-order valence-corrected chi connectivity index (χ2v) is 8.82. The number of carbonyl (C=O) groups is 2. The zero-order valence-electron chi connectivity index (χ0n) is 18.6. The Labute approximate surface area is 192 Å². The van der Waals surface area contributed by atoms with Gasteiger partial charge >= 0.3 is 12.1 Å². The van der Waals surface area contributed by atoms with Gasteiger partial charge in [-0.3, -0.25) is 0 Å². The van der Waals surface area contributed by atoms with Crippen LogP contribution >= 0.6 is 0 Å². The van der Waals surface area contributed by atoms with E-state index >= 15 is 0 Å². The van der Waals surface area contributed by atoms with E-state index in [-0.39, 0.29) is 18.6 Å². The molecule has 0 spiro atoms. The van der Waals surface area contributed by atoms with E-state index in [0.29, 0.717) is 43.7 Å². The standard InChI is InChI=1S/C23H28N6O4/c1-14-13-33-11-10-29(14)21-18-8-9-28(23(31)32)12-19(18)26-20(27-21)15-2-4-16(5-3-15)24-22(30)25-17-6-7-17/h2-5,14,17H,6-13H2,1H3,(H,31,32)(H2,24,25,30). The minimum Gasteiger partial charge on any atom is -0.465 e. The Kier molecular flexibility index (Phi) is 5.76. The molecule has 3 heterocycles. The molecule has 3 aliphatic rings. The highest BCUT2D eigenvalue weighted by atomic mass is 16.5. The predicted molar refractivity (Wildman–Crippen MR) is 122 cm³/mol. The number of nitrogens with one attached hydrogen (secondary N) is 2. The molecule has 1 saturated heterocycles. The summed E-state index contributed by atoms with van der Waals surface area (Å²) in [7, 11) is 0. The van der Waals surface area contributed by atoms with Gasteiger partial charge in [0.05, 0.1) is 31.5 Å². The van der Waals surface area contributed by atoms with E-state index in [4.69, 9.17) is 14.7 Å². The Balaban J connectivity index is 1.45. The molecule has 2 aliphatic heterocycles. The number of anilines is 2. The smallest absolute Gasteiger partial charge is 0.407 e. The molecule has 1 unspecified atom stereocenters. The van der Waals surface area contributed by atoms with Gasteiger partial charge in [-0.05, 0) is 50.5 Å². The van der Waals surface area contributed by atoms with Crippen molar-refractivity contribution in [1.29, 1.82) is 0 Å². The maximum Gasteiger partial charge on any atom is 0.407 e. The summed E-state index contributed by atoms with van der Waals surface area (Å²) in [6, 6.07) is 7.65. The van der Waals surface area contributed by atoms with Crippen molar-refractivity contribution in [2.45, 2.75) is 44.8 Å². The van der Waals surface area contributed by atoms with E-state index in [1.165, 1.54) is 4.90 Å². The number of amides is 3. The molecule has 2 aromatic rings. The normalized spacial score (nSPS) is 20.2. The van der Waals surface area contributed by atoms with Crippen molar-refractivity contribution >= 4 is 23.6 Å². The molecular weight excluding hydrogens is 424 g/mol. The lowest BCUT2D eigenvalue weighted by Gasteiger charge is -2.37. The summed E-state index contributed by atoms with van der Waals surface area (Å²) in [6.07, 6.45) is 1.71. The lowest BCUT2D eigenvalue weighted by molar-refractivity contribution is 0.0983. The minimum absolute atomic E-state index is 0.166. The van der Waals surface area contributed by atoms with Gasteiger partial charge in [-0.25, -0.2) is 19.6 Å². The fourth-order valence-electron chi connectivity index (χ4n) is 4.27. The number of urea groups is 1. The number of carboxylic acid groups (broad SMARTS) is 1. The fourth-order valence-corrected chi connectivity index (χ4v) is 4.27. The van der Waals surface area contributed by atoms with Crippen molar-refractivity contribution < 1.29 is 19.4 Å². The predicted octanol–water partition coefficient (Wildman–Crippen LogP) is 2.69. The second kappa shape index (κ2) is 8.86. The monoisotopic (exact) mass is 452 g/mol. The molecule has 3 amide bonds. The Hall–Kier alpha value is -3.40. The molecule has 33 heavy (non-hydrogen) atoms. The van der Waals surface area contributed by atoms with Crippen molar-refractivity contribution in [3.8, 4) is 11.4 Å². The van der Waals surface area contributed by atoms with Gasteiger partial charge in [0.2, 0.25) is 0 Å². The second-order valence-electron chi connectivity index (χ2n) is 8.82. The van der Waals surface area contributed by atoms with E-state index in [9.17, 15) is 14.7 Å². The molecule has 1 saturated carbocycles. The number of fused-ring (bicyclic) bond motifs is 1. The number of rotatable bonds is 4. The average Bonchev–Trinajstić information content (AvgIpc) is 3.62. The van der Waals surface area contributed by atoms with Crippen LogP contribution in [0.3, 0.4) is 0 Å². The van der Waals surface area contributed by atoms with Gasteiger partial charge in [0.25, 0.3) is 0 Å². The van der Waals surface area contributed by atoms with Crippen LogP contribution in [-0.4, -0.2) is 70.5 Å². The van der Waals surface area contributed by atoms with Gasteiger partial charge in [0, 0.05) is 35.9 Å². The summed E-state index contributed by atoms with van der Waals surface area (Å²) in [5.41, 5.74) is 3.25. The van der Waals surface area contributed by atoms with Gasteiger partial charge in [-0.1, -0.05) is 0 Å². The van der Waals surface area contributed by atoms with E-state index in [1.807, 2.05) is 24.3 Å². The summed E-state index contributed by atoms with van der Waals surface area (Å²) in [4.78, 5) is 36.9. The molecule has 10 nitrogen and oxygen atoms in total. The van der Waals surface area contributed by atoms with Crippen LogP contribution in [0.5, 0.6) is 0 Å². The van der Waals surface area contributed by atoms with E-state index in [0.717, 1.165) is 42.0 Å². The molecule has 1 atom stereocenters.